The van der Waals surface area contributed by atoms with Crippen LogP contribution in [0.4, 0.5) is 8.78 Å². The van der Waals surface area contributed by atoms with Crippen LogP contribution >= 0.6 is 0 Å². The summed E-state index contributed by atoms with van der Waals surface area (Å²) in [7, 11) is 0. The maximum Gasteiger partial charge on any atom is 0.129 e. The molecule has 0 heterocycles. The number of benzene rings is 1. The lowest BCUT2D eigenvalue weighted by atomic mass is 10.0. The molecule has 0 fully saturated rings. The summed E-state index contributed by atoms with van der Waals surface area (Å²) in [6, 6.07) is 3.13. The highest BCUT2D eigenvalue weighted by Crippen LogP contribution is 2.16. The van der Waals surface area contributed by atoms with Gasteiger partial charge in [0.15, 0.2) is 0 Å². The Labute approximate surface area is 109 Å². The van der Waals surface area contributed by atoms with E-state index in [-0.39, 0.29) is 0 Å². The van der Waals surface area contributed by atoms with Crippen LogP contribution in [0, 0.1) is 18.6 Å². The Bertz CT molecular complexity index is 375. The minimum Gasteiger partial charge on any atom is -0.315 e. The van der Waals surface area contributed by atoms with Gasteiger partial charge in [0.05, 0.1) is 0 Å². The number of rotatable bonds is 7. The number of hydrogen-bond acceptors (Lipinski definition) is 1. The molecule has 0 amide bonds. The van der Waals surface area contributed by atoms with Gasteiger partial charge in [-0.1, -0.05) is 26.3 Å². The predicted molar refractivity (Wildman–Crippen MR) is 71.8 cm³/mol. The molecule has 0 bridgehead atoms. The summed E-state index contributed by atoms with van der Waals surface area (Å²) < 4.78 is 26.5. The maximum atomic E-state index is 13.5. The molecule has 3 heteroatoms. The first-order valence-electron chi connectivity index (χ1n) is 6.68. The van der Waals surface area contributed by atoms with Crippen LogP contribution in [0.5, 0.6) is 0 Å². The topological polar surface area (TPSA) is 12.0 Å². The molecule has 0 unspecified atom stereocenters. The van der Waals surface area contributed by atoms with Crippen molar-refractivity contribution < 1.29 is 8.78 Å². The Hall–Kier alpha value is -0.960. The minimum absolute atomic E-state index is 0.418. The Morgan fingerprint density at radius 2 is 1.78 bits per heavy atom. The second kappa shape index (κ2) is 7.47. The lowest BCUT2D eigenvalue weighted by Gasteiger charge is -2.08. The van der Waals surface area contributed by atoms with E-state index in [2.05, 4.69) is 19.2 Å². The number of aryl methyl sites for hydroxylation is 2. The van der Waals surface area contributed by atoms with Crippen LogP contribution in [0.3, 0.4) is 0 Å². The zero-order chi connectivity index (χ0) is 13.5. The predicted octanol–water partition coefficient (Wildman–Crippen LogP) is 3.98. The molecule has 1 N–H and O–H groups in total. The molecule has 0 aromatic heterocycles. The standard InChI is InChI=1S/C15H23F2N/c1-11(2)18-8-6-4-5-7-13-9-12(3)14(16)10-15(13)17/h9-11,18H,4-8H2,1-3H3. The summed E-state index contributed by atoms with van der Waals surface area (Å²) >= 11 is 0. The molecule has 0 saturated heterocycles. The van der Waals surface area contributed by atoms with Crippen molar-refractivity contribution >= 4 is 0 Å². The third-order valence-electron chi connectivity index (χ3n) is 3.00. The molecule has 1 aromatic carbocycles. The van der Waals surface area contributed by atoms with Gasteiger partial charge in [-0.25, -0.2) is 8.78 Å². The fourth-order valence-corrected chi connectivity index (χ4v) is 1.92. The van der Waals surface area contributed by atoms with Crippen LogP contribution < -0.4 is 5.32 Å². The average molecular weight is 255 g/mol. The number of hydrogen-bond donors (Lipinski definition) is 1. The van der Waals surface area contributed by atoms with Gasteiger partial charge in [0, 0.05) is 12.1 Å². The summed E-state index contributed by atoms with van der Waals surface area (Å²) in [5, 5.41) is 3.35. The Morgan fingerprint density at radius 1 is 1.06 bits per heavy atom. The van der Waals surface area contributed by atoms with E-state index in [4.69, 9.17) is 0 Å². The van der Waals surface area contributed by atoms with E-state index in [0.717, 1.165) is 31.9 Å². The zero-order valence-electron chi connectivity index (χ0n) is 11.5. The number of unbranched alkanes of at least 4 members (excludes halogenated alkanes) is 2. The monoisotopic (exact) mass is 255 g/mol. The molecule has 1 nitrogen and oxygen atoms in total. The molecule has 102 valence electrons. The van der Waals surface area contributed by atoms with Gasteiger partial charge >= 0.3 is 0 Å². The third-order valence-corrected chi connectivity index (χ3v) is 3.00. The molecule has 0 spiro atoms. The molecule has 0 aliphatic rings. The summed E-state index contributed by atoms with van der Waals surface area (Å²) in [5.74, 6) is -0.879. The Morgan fingerprint density at radius 3 is 2.44 bits per heavy atom. The normalized spacial score (nSPS) is 11.2. The van der Waals surface area contributed by atoms with Crippen molar-refractivity contribution in [1.29, 1.82) is 0 Å². The van der Waals surface area contributed by atoms with E-state index < -0.39 is 11.6 Å². The van der Waals surface area contributed by atoms with Crippen molar-refractivity contribution in [2.24, 2.45) is 0 Å². The number of nitrogens with one attached hydrogen (secondary N) is 1. The molecule has 0 radical (unpaired) electrons. The molecule has 1 rings (SSSR count). The highest BCUT2D eigenvalue weighted by molar-refractivity contribution is 5.25. The molecule has 0 aliphatic heterocycles. The fraction of sp³-hybridized carbons (Fsp3) is 0.600. The van der Waals surface area contributed by atoms with E-state index in [9.17, 15) is 8.78 Å². The van der Waals surface area contributed by atoms with E-state index in [0.29, 0.717) is 23.6 Å². The van der Waals surface area contributed by atoms with E-state index in [1.807, 2.05) is 0 Å². The van der Waals surface area contributed by atoms with Crippen molar-refractivity contribution in [1.82, 2.24) is 5.32 Å². The van der Waals surface area contributed by atoms with Crippen molar-refractivity contribution in [2.75, 3.05) is 6.54 Å². The summed E-state index contributed by atoms with van der Waals surface area (Å²) in [4.78, 5) is 0. The molecule has 1 aromatic rings. The molecule has 18 heavy (non-hydrogen) atoms. The molecule has 0 atom stereocenters. The van der Waals surface area contributed by atoms with Crippen LogP contribution in [0.15, 0.2) is 12.1 Å². The van der Waals surface area contributed by atoms with Crippen LogP contribution in [0.25, 0.3) is 0 Å². The van der Waals surface area contributed by atoms with Gasteiger partial charge < -0.3 is 5.32 Å². The Kier molecular flexibility index (Phi) is 6.27. The van der Waals surface area contributed by atoms with E-state index in [1.54, 1.807) is 13.0 Å². The van der Waals surface area contributed by atoms with E-state index >= 15 is 0 Å². The second-order valence-electron chi connectivity index (χ2n) is 5.11. The lowest BCUT2D eigenvalue weighted by molar-refractivity contribution is 0.539. The van der Waals surface area contributed by atoms with Crippen molar-refractivity contribution in [3.05, 3.63) is 34.9 Å². The van der Waals surface area contributed by atoms with Crippen molar-refractivity contribution in [3.8, 4) is 0 Å². The van der Waals surface area contributed by atoms with Gasteiger partial charge in [0.2, 0.25) is 0 Å². The minimum atomic E-state index is -0.461. The van der Waals surface area contributed by atoms with Crippen LogP contribution in [-0.2, 0) is 6.42 Å². The first kappa shape index (κ1) is 15.1. The summed E-state index contributed by atoms with van der Waals surface area (Å²) in [5.41, 5.74) is 1.15. The average Bonchev–Trinajstić information content (AvgIpc) is 2.29. The largest absolute Gasteiger partial charge is 0.315 e. The highest BCUT2D eigenvalue weighted by Gasteiger charge is 2.06. The molecular weight excluding hydrogens is 232 g/mol. The van der Waals surface area contributed by atoms with Crippen LogP contribution in [0.1, 0.15) is 44.2 Å². The molecule has 0 saturated carbocycles. The maximum absolute atomic E-state index is 13.5. The van der Waals surface area contributed by atoms with Gasteiger partial charge in [-0.15, -0.1) is 0 Å². The molecule has 0 aliphatic carbocycles. The van der Waals surface area contributed by atoms with Gasteiger partial charge in [0.1, 0.15) is 11.6 Å². The van der Waals surface area contributed by atoms with Crippen molar-refractivity contribution in [2.45, 2.75) is 52.5 Å². The SMILES string of the molecule is Cc1cc(CCCCCNC(C)C)c(F)cc1F. The molecular formula is C15H23F2N. The van der Waals surface area contributed by atoms with E-state index in [1.165, 1.54) is 0 Å². The van der Waals surface area contributed by atoms with Crippen molar-refractivity contribution in [3.63, 3.8) is 0 Å². The van der Waals surface area contributed by atoms with Gasteiger partial charge in [-0.3, -0.25) is 0 Å². The van der Waals surface area contributed by atoms with Gasteiger partial charge in [-0.05, 0) is 43.9 Å². The first-order chi connectivity index (χ1) is 8.50. The highest BCUT2D eigenvalue weighted by atomic mass is 19.1. The smallest absolute Gasteiger partial charge is 0.129 e. The summed E-state index contributed by atoms with van der Waals surface area (Å²) in [6.07, 6.45) is 3.80. The van der Waals surface area contributed by atoms with Crippen LogP contribution in [-0.4, -0.2) is 12.6 Å². The lowest BCUT2D eigenvalue weighted by Crippen LogP contribution is -2.23. The number of halogens is 2. The van der Waals surface area contributed by atoms with Gasteiger partial charge in [0.25, 0.3) is 0 Å². The van der Waals surface area contributed by atoms with Crippen LogP contribution in [0.2, 0.25) is 0 Å². The third kappa shape index (κ3) is 5.13. The van der Waals surface area contributed by atoms with Gasteiger partial charge in [-0.2, -0.15) is 0 Å². The second-order valence-corrected chi connectivity index (χ2v) is 5.11. The summed E-state index contributed by atoms with van der Waals surface area (Å²) in [6.45, 7) is 6.92. The zero-order valence-corrected chi connectivity index (χ0v) is 11.5. The Balaban J connectivity index is 2.29. The first-order valence-corrected chi connectivity index (χ1v) is 6.68. The quantitative estimate of drug-likeness (QED) is 0.727. The fourth-order valence-electron chi connectivity index (χ4n) is 1.92.